The summed E-state index contributed by atoms with van der Waals surface area (Å²) in [5.74, 6) is 0.585. The summed E-state index contributed by atoms with van der Waals surface area (Å²) in [6.07, 6.45) is 0. The molecule has 0 aliphatic heterocycles. The van der Waals surface area contributed by atoms with E-state index in [9.17, 15) is 4.79 Å². The van der Waals surface area contributed by atoms with Crippen LogP contribution in [-0.2, 0) is 12.3 Å². The maximum absolute atomic E-state index is 12.3. The highest BCUT2D eigenvalue weighted by molar-refractivity contribution is 7.98. The number of hydrogen-bond donors (Lipinski definition) is 0. The minimum Gasteiger partial charge on any atom is -0.423 e. The van der Waals surface area contributed by atoms with Crippen molar-refractivity contribution in [1.82, 2.24) is 9.55 Å². The van der Waals surface area contributed by atoms with E-state index < -0.39 is 0 Å². The van der Waals surface area contributed by atoms with Gasteiger partial charge in [0, 0.05) is 22.2 Å². The van der Waals surface area contributed by atoms with Gasteiger partial charge in [-0.15, -0.1) is 0 Å². The Morgan fingerprint density at radius 2 is 1.74 bits per heavy atom. The molecule has 6 rings (SSSR count). The van der Waals surface area contributed by atoms with Crippen LogP contribution in [0.4, 0.5) is 0 Å². The van der Waals surface area contributed by atoms with Crippen molar-refractivity contribution in [1.29, 1.82) is 0 Å². The third-order valence-corrected chi connectivity index (χ3v) is 7.19. The molecule has 6 heteroatoms. The first-order chi connectivity index (χ1) is 16.7. The molecule has 0 bridgehead atoms. The van der Waals surface area contributed by atoms with E-state index in [0.29, 0.717) is 22.9 Å². The van der Waals surface area contributed by atoms with Gasteiger partial charge < -0.3 is 8.98 Å². The van der Waals surface area contributed by atoms with E-state index in [4.69, 9.17) is 21.0 Å². The third kappa shape index (κ3) is 3.87. The summed E-state index contributed by atoms with van der Waals surface area (Å²) in [4.78, 5) is 17.2. The fourth-order valence-electron chi connectivity index (χ4n) is 4.39. The van der Waals surface area contributed by atoms with Crippen LogP contribution in [-0.4, -0.2) is 9.55 Å². The normalized spacial score (nSPS) is 11.6. The largest absolute Gasteiger partial charge is 0.423 e. The first-order valence-electron chi connectivity index (χ1n) is 10.9. The Kier molecular flexibility index (Phi) is 5.36. The summed E-state index contributed by atoms with van der Waals surface area (Å²) in [7, 11) is 0. The van der Waals surface area contributed by atoms with Gasteiger partial charge in [0.15, 0.2) is 5.16 Å². The average molecular weight is 483 g/mol. The summed E-state index contributed by atoms with van der Waals surface area (Å²) in [6, 6.07) is 29.7. The van der Waals surface area contributed by atoms with Gasteiger partial charge in [0.25, 0.3) is 0 Å². The van der Waals surface area contributed by atoms with Crippen molar-refractivity contribution in [2.75, 3.05) is 0 Å². The van der Waals surface area contributed by atoms with Crippen LogP contribution >= 0.6 is 23.4 Å². The SMILES string of the molecule is O=c1cc(CSc2nc3cc(Cl)ccc3n2Cc2ccccc2)c2c(ccc3ccccc32)o1. The first-order valence-corrected chi connectivity index (χ1v) is 12.3. The van der Waals surface area contributed by atoms with Gasteiger partial charge >= 0.3 is 5.63 Å². The molecular formula is C28H19ClN2O2S. The maximum atomic E-state index is 12.3. The summed E-state index contributed by atoms with van der Waals surface area (Å²) in [5, 5.41) is 4.69. The van der Waals surface area contributed by atoms with E-state index >= 15 is 0 Å². The van der Waals surface area contributed by atoms with E-state index in [1.165, 1.54) is 5.56 Å². The quantitative estimate of drug-likeness (QED) is 0.147. The minimum absolute atomic E-state index is 0.344. The zero-order valence-corrected chi connectivity index (χ0v) is 19.6. The lowest BCUT2D eigenvalue weighted by Gasteiger charge is -2.11. The van der Waals surface area contributed by atoms with E-state index in [-0.39, 0.29) is 5.63 Å². The number of hydrogen-bond acceptors (Lipinski definition) is 4. The summed E-state index contributed by atoms with van der Waals surface area (Å²) < 4.78 is 7.73. The summed E-state index contributed by atoms with van der Waals surface area (Å²) in [6.45, 7) is 0.696. The number of aromatic nitrogens is 2. The molecule has 0 spiro atoms. The van der Waals surface area contributed by atoms with Crippen LogP contribution in [0.5, 0.6) is 0 Å². The lowest BCUT2D eigenvalue weighted by molar-refractivity contribution is 0.560. The molecule has 0 radical (unpaired) electrons. The van der Waals surface area contributed by atoms with Crippen molar-refractivity contribution in [2.45, 2.75) is 17.5 Å². The number of thioether (sulfide) groups is 1. The monoisotopic (exact) mass is 482 g/mol. The molecule has 0 saturated carbocycles. The molecule has 0 aliphatic carbocycles. The smallest absolute Gasteiger partial charge is 0.336 e. The van der Waals surface area contributed by atoms with Crippen LogP contribution in [0.15, 0.2) is 105 Å². The van der Waals surface area contributed by atoms with Crippen LogP contribution in [0.3, 0.4) is 0 Å². The second-order valence-electron chi connectivity index (χ2n) is 8.14. The Hall–Kier alpha value is -3.54. The van der Waals surface area contributed by atoms with E-state index in [2.05, 4.69) is 28.8 Å². The van der Waals surface area contributed by atoms with Crippen molar-refractivity contribution in [3.8, 4) is 0 Å². The van der Waals surface area contributed by atoms with Crippen LogP contribution in [0.2, 0.25) is 5.02 Å². The minimum atomic E-state index is -0.344. The number of nitrogens with zero attached hydrogens (tertiary/aromatic N) is 2. The topological polar surface area (TPSA) is 48.0 Å². The predicted octanol–water partition coefficient (Wildman–Crippen LogP) is 7.29. The van der Waals surface area contributed by atoms with Crippen molar-refractivity contribution in [2.24, 2.45) is 0 Å². The van der Waals surface area contributed by atoms with E-state index in [1.54, 1.807) is 17.8 Å². The molecule has 0 saturated heterocycles. The van der Waals surface area contributed by atoms with Crippen LogP contribution in [0.25, 0.3) is 32.8 Å². The highest BCUT2D eigenvalue weighted by atomic mass is 35.5. The average Bonchev–Trinajstić information content (AvgIpc) is 3.18. The fourth-order valence-corrected chi connectivity index (χ4v) is 5.55. The molecule has 4 aromatic carbocycles. The fraction of sp³-hybridized carbons (Fsp3) is 0.0714. The Bertz CT molecular complexity index is 1720. The number of rotatable bonds is 5. The van der Waals surface area contributed by atoms with E-state index in [0.717, 1.165) is 37.9 Å². The van der Waals surface area contributed by atoms with Crippen LogP contribution in [0, 0.1) is 0 Å². The first kappa shape index (κ1) is 21.0. The van der Waals surface area contributed by atoms with Crippen molar-refractivity contribution >= 4 is 56.1 Å². The molecule has 0 aliphatic rings. The predicted molar refractivity (Wildman–Crippen MR) is 140 cm³/mol. The molecule has 0 fully saturated rings. The van der Waals surface area contributed by atoms with Crippen molar-refractivity contribution < 1.29 is 4.42 Å². The van der Waals surface area contributed by atoms with Gasteiger partial charge in [-0.1, -0.05) is 84.0 Å². The van der Waals surface area contributed by atoms with Gasteiger partial charge in [0.2, 0.25) is 0 Å². The number of benzene rings is 4. The van der Waals surface area contributed by atoms with Gasteiger partial charge in [-0.05, 0) is 46.2 Å². The molecule has 0 amide bonds. The Morgan fingerprint density at radius 1 is 0.912 bits per heavy atom. The zero-order chi connectivity index (χ0) is 23.1. The number of halogens is 1. The van der Waals surface area contributed by atoms with Crippen molar-refractivity contribution in [3.05, 3.63) is 118 Å². The lowest BCUT2D eigenvalue weighted by Crippen LogP contribution is -2.03. The van der Waals surface area contributed by atoms with Crippen molar-refractivity contribution in [3.63, 3.8) is 0 Å². The van der Waals surface area contributed by atoms with Gasteiger partial charge in [0.1, 0.15) is 5.58 Å². The molecule has 4 nitrogen and oxygen atoms in total. The molecular weight excluding hydrogens is 464 g/mol. The summed E-state index contributed by atoms with van der Waals surface area (Å²) >= 11 is 7.86. The number of fused-ring (bicyclic) bond motifs is 4. The molecule has 6 aromatic rings. The van der Waals surface area contributed by atoms with Crippen LogP contribution in [0.1, 0.15) is 11.1 Å². The molecule has 0 atom stereocenters. The molecule has 2 aromatic heterocycles. The van der Waals surface area contributed by atoms with Gasteiger partial charge in [0.05, 0.1) is 17.6 Å². The van der Waals surface area contributed by atoms with Gasteiger partial charge in [-0.3, -0.25) is 0 Å². The second-order valence-corrected chi connectivity index (χ2v) is 9.52. The molecule has 0 unspecified atom stereocenters. The standard InChI is InChI=1S/C28H19ClN2O2S/c29-21-11-12-24-23(15-21)30-28(31(24)16-18-6-2-1-3-7-18)34-17-20-14-26(32)33-25-13-10-19-8-4-5-9-22(19)27(20)25/h1-15H,16-17H2. The Labute approximate surface area is 204 Å². The third-order valence-electron chi connectivity index (χ3n) is 5.93. The van der Waals surface area contributed by atoms with Gasteiger partial charge in [-0.25, -0.2) is 9.78 Å². The number of imidazole rings is 1. The van der Waals surface area contributed by atoms with Crippen LogP contribution < -0.4 is 5.63 Å². The Morgan fingerprint density at radius 3 is 2.62 bits per heavy atom. The zero-order valence-electron chi connectivity index (χ0n) is 18.1. The molecule has 2 heterocycles. The molecule has 166 valence electrons. The maximum Gasteiger partial charge on any atom is 0.336 e. The highest BCUT2D eigenvalue weighted by Crippen LogP contribution is 2.33. The summed E-state index contributed by atoms with van der Waals surface area (Å²) in [5.41, 5.74) is 4.27. The highest BCUT2D eigenvalue weighted by Gasteiger charge is 2.15. The van der Waals surface area contributed by atoms with Gasteiger partial charge in [-0.2, -0.15) is 0 Å². The van der Waals surface area contributed by atoms with E-state index in [1.807, 2.05) is 60.7 Å². The molecule has 0 N–H and O–H groups in total. The second kappa shape index (κ2) is 8.67. The molecule has 34 heavy (non-hydrogen) atoms. The lowest BCUT2D eigenvalue weighted by atomic mass is 10.0. The Balaban J connectivity index is 1.45.